The third kappa shape index (κ3) is 1.82. The average molecular weight is 196 g/mol. The van der Waals surface area contributed by atoms with E-state index in [2.05, 4.69) is 11.9 Å². The minimum absolute atomic E-state index is 0.597. The van der Waals surface area contributed by atoms with E-state index in [-0.39, 0.29) is 0 Å². The van der Waals surface area contributed by atoms with Crippen molar-refractivity contribution in [3.05, 3.63) is 0 Å². The molecule has 1 atom stereocenters. The Labute approximate surface area is 87.8 Å². The van der Waals surface area contributed by atoms with Gasteiger partial charge in [-0.2, -0.15) is 0 Å². The summed E-state index contributed by atoms with van der Waals surface area (Å²) in [7, 11) is 2.27. The van der Waals surface area contributed by atoms with E-state index in [1.807, 2.05) is 0 Å². The van der Waals surface area contributed by atoms with Gasteiger partial charge < -0.3 is 10.6 Å². The molecule has 1 saturated carbocycles. The van der Waals surface area contributed by atoms with Crippen LogP contribution in [-0.4, -0.2) is 31.6 Å². The Kier molecular flexibility index (Phi) is 3.13. The van der Waals surface area contributed by atoms with Crippen LogP contribution in [0.2, 0.25) is 0 Å². The highest BCUT2D eigenvalue weighted by Crippen LogP contribution is 2.46. The quantitative estimate of drug-likeness (QED) is 0.693. The van der Waals surface area contributed by atoms with Crippen LogP contribution in [0.15, 0.2) is 0 Å². The van der Waals surface area contributed by atoms with Gasteiger partial charge in [-0.1, -0.05) is 19.3 Å². The van der Waals surface area contributed by atoms with E-state index in [1.165, 1.54) is 51.6 Å². The van der Waals surface area contributed by atoms with Gasteiger partial charge in [-0.05, 0) is 50.7 Å². The maximum absolute atomic E-state index is 5.94. The Bertz CT molecular complexity index is 185. The van der Waals surface area contributed by atoms with Crippen molar-refractivity contribution in [2.75, 3.05) is 26.7 Å². The monoisotopic (exact) mass is 196 g/mol. The van der Waals surface area contributed by atoms with Crippen molar-refractivity contribution in [3.63, 3.8) is 0 Å². The highest BCUT2D eigenvalue weighted by atomic mass is 15.1. The minimum Gasteiger partial charge on any atom is -0.330 e. The number of hydrogen-bond donors (Lipinski definition) is 1. The molecule has 2 N–H and O–H groups in total. The van der Waals surface area contributed by atoms with Crippen molar-refractivity contribution >= 4 is 0 Å². The van der Waals surface area contributed by atoms with E-state index in [9.17, 15) is 0 Å². The van der Waals surface area contributed by atoms with E-state index >= 15 is 0 Å². The maximum atomic E-state index is 5.94. The molecule has 2 aliphatic rings. The summed E-state index contributed by atoms with van der Waals surface area (Å²) in [6.45, 7) is 3.46. The van der Waals surface area contributed by atoms with Crippen molar-refractivity contribution in [3.8, 4) is 0 Å². The first kappa shape index (κ1) is 10.4. The average Bonchev–Trinajstić information content (AvgIpc) is 2.19. The zero-order valence-electron chi connectivity index (χ0n) is 9.47. The first-order chi connectivity index (χ1) is 6.77. The van der Waals surface area contributed by atoms with Gasteiger partial charge in [-0.3, -0.25) is 0 Å². The fraction of sp³-hybridized carbons (Fsp3) is 1.00. The summed E-state index contributed by atoms with van der Waals surface area (Å²) < 4.78 is 0. The molecule has 2 heteroatoms. The summed E-state index contributed by atoms with van der Waals surface area (Å²) in [6.07, 6.45) is 8.50. The van der Waals surface area contributed by atoms with Gasteiger partial charge in [0, 0.05) is 6.54 Å². The van der Waals surface area contributed by atoms with Crippen LogP contribution in [0, 0.1) is 11.3 Å². The van der Waals surface area contributed by atoms with Crippen molar-refractivity contribution in [2.45, 2.75) is 38.5 Å². The summed E-state index contributed by atoms with van der Waals surface area (Å²) in [5, 5.41) is 0. The van der Waals surface area contributed by atoms with E-state index < -0.39 is 0 Å². The third-order valence-electron chi connectivity index (χ3n) is 4.44. The third-order valence-corrected chi connectivity index (χ3v) is 4.44. The second-order valence-corrected chi connectivity index (χ2v) is 5.38. The molecule has 0 aromatic carbocycles. The summed E-state index contributed by atoms with van der Waals surface area (Å²) >= 11 is 0. The predicted molar refractivity (Wildman–Crippen MR) is 60.2 cm³/mol. The fourth-order valence-corrected chi connectivity index (χ4v) is 3.62. The van der Waals surface area contributed by atoms with Gasteiger partial charge in [0.25, 0.3) is 0 Å². The molecule has 82 valence electrons. The number of rotatable bonds is 1. The molecule has 1 aliphatic heterocycles. The van der Waals surface area contributed by atoms with Crippen molar-refractivity contribution in [2.24, 2.45) is 17.1 Å². The lowest BCUT2D eigenvalue weighted by Gasteiger charge is -2.49. The zero-order chi connectivity index (χ0) is 10.0. The van der Waals surface area contributed by atoms with Crippen LogP contribution in [0.5, 0.6) is 0 Å². The molecular weight excluding hydrogens is 172 g/mol. The van der Waals surface area contributed by atoms with Gasteiger partial charge in [-0.25, -0.2) is 0 Å². The molecule has 0 radical (unpaired) electrons. The lowest BCUT2D eigenvalue weighted by atomic mass is 9.63. The molecule has 2 nitrogen and oxygen atoms in total. The highest BCUT2D eigenvalue weighted by Gasteiger charge is 2.42. The number of nitrogens with zero attached hydrogens (tertiary/aromatic N) is 1. The second-order valence-electron chi connectivity index (χ2n) is 5.38. The van der Waals surface area contributed by atoms with Crippen molar-refractivity contribution in [1.29, 1.82) is 0 Å². The minimum atomic E-state index is 0.597. The van der Waals surface area contributed by atoms with Crippen molar-refractivity contribution < 1.29 is 0 Å². The fourth-order valence-electron chi connectivity index (χ4n) is 3.62. The smallest absolute Gasteiger partial charge is 0.00381 e. The normalized spacial score (nSPS) is 33.4. The van der Waals surface area contributed by atoms with Gasteiger partial charge in [0.2, 0.25) is 0 Å². The molecule has 1 saturated heterocycles. The Balaban J connectivity index is 2.09. The van der Waals surface area contributed by atoms with Crippen LogP contribution >= 0.6 is 0 Å². The Morgan fingerprint density at radius 2 is 2.00 bits per heavy atom. The van der Waals surface area contributed by atoms with Crippen LogP contribution in [0.25, 0.3) is 0 Å². The Morgan fingerprint density at radius 1 is 1.29 bits per heavy atom. The molecule has 1 spiro atoms. The van der Waals surface area contributed by atoms with E-state index in [1.54, 1.807) is 0 Å². The summed E-state index contributed by atoms with van der Waals surface area (Å²) in [5.41, 5.74) is 6.53. The molecular formula is C12H24N2. The van der Waals surface area contributed by atoms with Crippen LogP contribution in [0.1, 0.15) is 38.5 Å². The summed E-state index contributed by atoms with van der Waals surface area (Å²) in [6, 6.07) is 0. The number of likely N-dealkylation sites (tertiary alicyclic amines) is 1. The van der Waals surface area contributed by atoms with Gasteiger partial charge in [0.05, 0.1) is 0 Å². The predicted octanol–water partition coefficient (Wildman–Crippen LogP) is 1.85. The number of nitrogens with two attached hydrogens (primary N) is 1. The van der Waals surface area contributed by atoms with E-state index in [0.29, 0.717) is 5.41 Å². The molecule has 0 bridgehead atoms. The molecule has 14 heavy (non-hydrogen) atoms. The molecule has 1 heterocycles. The first-order valence-electron chi connectivity index (χ1n) is 6.15. The van der Waals surface area contributed by atoms with Crippen LogP contribution in [0.3, 0.4) is 0 Å². The van der Waals surface area contributed by atoms with Gasteiger partial charge >= 0.3 is 0 Å². The molecule has 0 aromatic rings. The molecule has 2 rings (SSSR count). The summed E-state index contributed by atoms with van der Waals surface area (Å²) in [4.78, 5) is 2.51. The van der Waals surface area contributed by atoms with Gasteiger partial charge in [0.15, 0.2) is 0 Å². The van der Waals surface area contributed by atoms with Crippen LogP contribution < -0.4 is 5.73 Å². The van der Waals surface area contributed by atoms with Crippen molar-refractivity contribution in [1.82, 2.24) is 4.90 Å². The molecule has 0 amide bonds. The number of hydrogen-bond acceptors (Lipinski definition) is 2. The lowest BCUT2D eigenvalue weighted by Crippen LogP contribution is -2.50. The summed E-state index contributed by atoms with van der Waals surface area (Å²) in [5.74, 6) is 0.805. The first-order valence-corrected chi connectivity index (χ1v) is 6.15. The topological polar surface area (TPSA) is 29.3 Å². The SMILES string of the molecule is CN1CCC(CN)C2(CCCCC2)C1. The Morgan fingerprint density at radius 3 is 2.64 bits per heavy atom. The van der Waals surface area contributed by atoms with Gasteiger partial charge in [-0.15, -0.1) is 0 Å². The second kappa shape index (κ2) is 4.19. The van der Waals surface area contributed by atoms with E-state index in [0.717, 1.165) is 12.5 Å². The molecule has 0 aromatic heterocycles. The number of piperidine rings is 1. The highest BCUT2D eigenvalue weighted by molar-refractivity contribution is 4.94. The van der Waals surface area contributed by atoms with Crippen LogP contribution in [0.4, 0.5) is 0 Å². The molecule has 1 aliphatic carbocycles. The lowest BCUT2D eigenvalue weighted by molar-refractivity contribution is 0.0113. The largest absolute Gasteiger partial charge is 0.330 e. The van der Waals surface area contributed by atoms with E-state index in [4.69, 9.17) is 5.73 Å². The Hall–Kier alpha value is -0.0800. The zero-order valence-corrected chi connectivity index (χ0v) is 9.47. The standard InChI is InChI=1S/C12H24N2/c1-14-8-5-11(9-13)12(10-14)6-3-2-4-7-12/h11H,2-10,13H2,1H3. The molecule has 2 fully saturated rings. The molecule has 1 unspecified atom stereocenters. The maximum Gasteiger partial charge on any atom is 0.00381 e. The van der Waals surface area contributed by atoms with Crippen LogP contribution in [-0.2, 0) is 0 Å². The van der Waals surface area contributed by atoms with Gasteiger partial charge in [0.1, 0.15) is 0 Å².